The van der Waals surface area contributed by atoms with Crippen LogP contribution < -0.4 is 4.90 Å². The van der Waals surface area contributed by atoms with Crippen molar-refractivity contribution in [1.29, 1.82) is 0 Å². The average molecular weight is 442 g/mol. The predicted molar refractivity (Wildman–Crippen MR) is 128 cm³/mol. The number of aromatic nitrogens is 3. The first-order chi connectivity index (χ1) is 16.1. The van der Waals surface area contributed by atoms with Gasteiger partial charge in [-0.1, -0.05) is 61.5 Å². The minimum atomic E-state index is 0.173. The number of carbonyl (C=O) groups is 1. The van der Waals surface area contributed by atoms with E-state index in [4.69, 9.17) is 4.52 Å². The molecule has 2 aromatic carbocycles. The number of pyridine rings is 1. The molecule has 0 bridgehead atoms. The van der Waals surface area contributed by atoms with Crippen LogP contribution in [0.5, 0.6) is 0 Å². The third-order valence-corrected chi connectivity index (χ3v) is 6.12. The summed E-state index contributed by atoms with van der Waals surface area (Å²) in [5.41, 5.74) is 1.91. The van der Waals surface area contributed by atoms with Crippen LogP contribution in [-0.4, -0.2) is 52.1 Å². The standard InChI is InChI=1S/C26H27N5O2/c1-18(2)26-28-25(29-33-26)21-10-11-23(27-17-21)30-12-14-31(15-13-30)24(32)16-20-8-5-7-19-6-3-4-9-22(19)20/h3-11,17-18H,12-16H2,1-2H3. The van der Waals surface area contributed by atoms with Gasteiger partial charge in [0.2, 0.25) is 17.6 Å². The van der Waals surface area contributed by atoms with Crippen LogP contribution in [0, 0.1) is 0 Å². The number of benzene rings is 2. The first-order valence-electron chi connectivity index (χ1n) is 11.4. The number of carbonyl (C=O) groups excluding carboxylic acids is 1. The topological polar surface area (TPSA) is 75.4 Å². The van der Waals surface area contributed by atoms with Crippen molar-refractivity contribution in [1.82, 2.24) is 20.0 Å². The Labute approximate surface area is 193 Å². The van der Waals surface area contributed by atoms with Crippen molar-refractivity contribution in [2.45, 2.75) is 26.2 Å². The second-order valence-electron chi connectivity index (χ2n) is 8.70. The highest BCUT2D eigenvalue weighted by Crippen LogP contribution is 2.23. The van der Waals surface area contributed by atoms with Crippen molar-refractivity contribution < 1.29 is 9.32 Å². The SMILES string of the molecule is CC(C)c1nc(-c2ccc(N3CCN(C(=O)Cc4cccc5ccccc45)CC3)nc2)no1. The third kappa shape index (κ3) is 4.44. The average Bonchev–Trinajstić information content (AvgIpc) is 3.35. The summed E-state index contributed by atoms with van der Waals surface area (Å²) in [5, 5.41) is 6.37. The van der Waals surface area contributed by atoms with Crippen LogP contribution in [0.4, 0.5) is 5.82 Å². The minimum Gasteiger partial charge on any atom is -0.353 e. The molecule has 33 heavy (non-hydrogen) atoms. The van der Waals surface area contributed by atoms with E-state index >= 15 is 0 Å². The monoisotopic (exact) mass is 441 g/mol. The van der Waals surface area contributed by atoms with Crippen molar-refractivity contribution in [3.05, 3.63) is 72.2 Å². The molecule has 4 aromatic rings. The van der Waals surface area contributed by atoms with E-state index in [1.165, 1.54) is 5.39 Å². The Morgan fingerprint density at radius 2 is 1.79 bits per heavy atom. The Morgan fingerprint density at radius 3 is 2.52 bits per heavy atom. The van der Waals surface area contributed by atoms with Gasteiger partial charge < -0.3 is 14.3 Å². The Morgan fingerprint density at radius 1 is 1.00 bits per heavy atom. The molecule has 1 fully saturated rings. The van der Waals surface area contributed by atoms with E-state index in [0.717, 1.165) is 35.4 Å². The van der Waals surface area contributed by atoms with Gasteiger partial charge in [0.05, 0.1) is 6.42 Å². The van der Waals surface area contributed by atoms with E-state index in [1.807, 2.05) is 49.1 Å². The molecule has 0 saturated carbocycles. The molecule has 1 aliphatic rings. The molecule has 0 atom stereocenters. The molecular formula is C26H27N5O2. The van der Waals surface area contributed by atoms with Gasteiger partial charge >= 0.3 is 0 Å². The minimum absolute atomic E-state index is 0.173. The van der Waals surface area contributed by atoms with Crippen LogP contribution in [0.25, 0.3) is 22.2 Å². The fourth-order valence-electron chi connectivity index (χ4n) is 4.20. The largest absolute Gasteiger partial charge is 0.353 e. The van der Waals surface area contributed by atoms with Gasteiger partial charge in [-0.15, -0.1) is 0 Å². The quantitative estimate of drug-likeness (QED) is 0.460. The number of fused-ring (bicyclic) bond motifs is 1. The lowest BCUT2D eigenvalue weighted by atomic mass is 10.0. The van der Waals surface area contributed by atoms with Gasteiger partial charge in [-0.2, -0.15) is 4.98 Å². The Bertz CT molecular complexity index is 1250. The summed E-state index contributed by atoms with van der Waals surface area (Å²) >= 11 is 0. The summed E-state index contributed by atoms with van der Waals surface area (Å²) < 4.78 is 5.29. The second kappa shape index (κ2) is 9.02. The number of hydrogen-bond acceptors (Lipinski definition) is 6. The van der Waals surface area contributed by atoms with Crippen molar-refractivity contribution in [3.63, 3.8) is 0 Å². The normalized spacial score (nSPS) is 14.3. The molecule has 0 unspecified atom stereocenters. The number of anilines is 1. The molecule has 0 aliphatic carbocycles. The summed E-state index contributed by atoms with van der Waals surface area (Å²) in [6, 6.07) is 18.3. The highest BCUT2D eigenvalue weighted by molar-refractivity contribution is 5.90. The number of rotatable bonds is 5. The predicted octanol–water partition coefficient (Wildman–Crippen LogP) is 4.30. The zero-order chi connectivity index (χ0) is 22.8. The van der Waals surface area contributed by atoms with E-state index in [-0.39, 0.29) is 11.8 Å². The van der Waals surface area contributed by atoms with Gasteiger partial charge in [-0.05, 0) is 28.5 Å². The fourth-order valence-corrected chi connectivity index (χ4v) is 4.20. The number of piperazine rings is 1. The highest BCUT2D eigenvalue weighted by Gasteiger charge is 2.22. The summed E-state index contributed by atoms with van der Waals surface area (Å²) in [5.74, 6) is 2.44. The maximum Gasteiger partial charge on any atom is 0.229 e. The lowest BCUT2D eigenvalue weighted by Gasteiger charge is -2.35. The van der Waals surface area contributed by atoms with Gasteiger partial charge in [0.1, 0.15) is 5.82 Å². The molecule has 0 N–H and O–H groups in total. The van der Waals surface area contributed by atoms with Crippen molar-refractivity contribution >= 4 is 22.5 Å². The van der Waals surface area contributed by atoms with E-state index in [9.17, 15) is 4.79 Å². The molecule has 168 valence electrons. The first-order valence-corrected chi connectivity index (χ1v) is 11.4. The lowest BCUT2D eigenvalue weighted by molar-refractivity contribution is -0.130. The molecule has 1 amide bonds. The highest BCUT2D eigenvalue weighted by atomic mass is 16.5. The summed E-state index contributed by atoms with van der Waals surface area (Å²) in [6.45, 7) is 6.93. The molecule has 2 aromatic heterocycles. The Hall–Kier alpha value is -3.74. The fraction of sp³-hybridized carbons (Fsp3) is 0.308. The van der Waals surface area contributed by atoms with E-state index < -0.39 is 0 Å². The third-order valence-electron chi connectivity index (χ3n) is 6.12. The zero-order valence-electron chi connectivity index (χ0n) is 18.9. The van der Waals surface area contributed by atoms with Crippen molar-refractivity contribution in [3.8, 4) is 11.4 Å². The van der Waals surface area contributed by atoms with Crippen LogP contribution in [-0.2, 0) is 11.2 Å². The van der Waals surface area contributed by atoms with Gasteiger partial charge in [0.25, 0.3) is 0 Å². The molecule has 7 heteroatoms. The van der Waals surface area contributed by atoms with Gasteiger partial charge in [0.15, 0.2) is 0 Å². The van der Waals surface area contributed by atoms with Crippen LogP contribution in [0.3, 0.4) is 0 Å². The van der Waals surface area contributed by atoms with Crippen LogP contribution in [0.2, 0.25) is 0 Å². The zero-order valence-corrected chi connectivity index (χ0v) is 18.9. The van der Waals surface area contributed by atoms with Gasteiger partial charge in [-0.3, -0.25) is 4.79 Å². The molecule has 5 rings (SSSR count). The Balaban J connectivity index is 1.20. The molecular weight excluding hydrogens is 414 g/mol. The summed E-state index contributed by atoms with van der Waals surface area (Å²) in [6.07, 6.45) is 2.21. The van der Waals surface area contributed by atoms with Gasteiger partial charge in [0, 0.05) is 43.9 Å². The van der Waals surface area contributed by atoms with E-state index in [0.29, 0.717) is 31.2 Å². The summed E-state index contributed by atoms with van der Waals surface area (Å²) in [7, 11) is 0. The van der Waals surface area contributed by atoms with Crippen LogP contribution in [0.1, 0.15) is 31.2 Å². The molecule has 1 aliphatic heterocycles. The van der Waals surface area contributed by atoms with Gasteiger partial charge in [-0.25, -0.2) is 4.98 Å². The molecule has 7 nitrogen and oxygen atoms in total. The maximum atomic E-state index is 13.0. The Kier molecular flexibility index (Phi) is 5.77. The van der Waals surface area contributed by atoms with Crippen molar-refractivity contribution in [2.75, 3.05) is 31.1 Å². The maximum absolute atomic E-state index is 13.0. The second-order valence-corrected chi connectivity index (χ2v) is 8.70. The number of amides is 1. The lowest BCUT2D eigenvalue weighted by Crippen LogP contribution is -2.49. The van der Waals surface area contributed by atoms with Crippen LogP contribution >= 0.6 is 0 Å². The molecule has 0 spiro atoms. The van der Waals surface area contributed by atoms with Crippen molar-refractivity contribution in [2.24, 2.45) is 0 Å². The number of hydrogen-bond donors (Lipinski definition) is 0. The molecule has 0 radical (unpaired) electrons. The number of nitrogens with zero attached hydrogens (tertiary/aromatic N) is 5. The summed E-state index contributed by atoms with van der Waals surface area (Å²) in [4.78, 5) is 26.2. The molecule has 3 heterocycles. The van der Waals surface area contributed by atoms with E-state index in [1.54, 1.807) is 6.20 Å². The smallest absolute Gasteiger partial charge is 0.229 e. The first kappa shape index (κ1) is 21.1. The molecule has 1 saturated heterocycles. The van der Waals surface area contributed by atoms with Crippen LogP contribution in [0.15, 0.2) is 65.3 Å². The van der Waals surface area contributed by atoms with E-state index in [2.05, 4.69) is 44.3 Å².